The number of hydrogen-bond donors (Lipinski definition) is 0. The molecule has 6 nitrogen and oxygen atoms in total. The smallest absolute Gasteiger partial charge is 0.306 e. The monoisotopic (exact) mass is 881 g/mol. The number of esters is 3. The molecule has 0 aromatic rings. The normalized spacial score (nSPS) is 12.5. The molecule has 0 rings (SSSR count). The summed E-state index contributed by atoms with van der Waals surface area (Å²) in [6, 6.07) is 0. The first-order valence-electron chi connectivity index (χ1n) is 26.8. The third-order valence-electron chi connectivity index (χ3n) is 11.5. The molecule has 0 aliphatic carbocycles. The first-order valence-corrected chi connectivity index (χ1v) is 26.8. The summed E-state index contributed by atoms with van der Waals surface area (Å²) in [5, 5.41) is 0. The van der Waals surface area contributed by atoms with Crippen LogP contribution in [-0.4, -0.2) is 37.2 Å². The maximum Gasteiger partial charge on any atom is 0.306 e. The molecule has 0 saturated carbocycles. The Hall–Kier alpha value is -2.89. The van der Waals surface area contributed by atoms with Crippen LogP contribution in [0.15, 0.2) is 60.8 Å². The molecular weight excluding hydrogens is 781 g/mol. The maximum atomic E-state index is 12.8. The minimum absolute atomic E-state index is 0.0853. The van der Waals surface area contributed by atoms with Gasteiger partial charge in [0, 0.05) is 19.3 Å². The topological polar surface area (TPSA) is 78.9 Å². The Morgan fingerprint density at radius 1 is 0.317 bits per heavy atom. The van der Waals surface area contributed by atoms with E-state index in [-0.39, 0.29) is 31.1 Å². The minimum atomic E-state index is -0.788. The predicted molar refractivity (Wildman–Crippen MR) is 270 cm³/mol. The lowest BCUT2D eigenvalue weighted by Gasteiger charge is -2.18. The molecule has 0 saturated heterocycles. The van der Waals surface area contributed by atoms with Gasteiger partial charge in [0.15, 0.2) is 6.10 Å². The van der Waals surface area contributed by atoms with Gasteiger partial charge < -0.3 is 14.2 Å². The van der Waals surface area contributed by atoms with E-state index in [9.17, 15) is 14.4 Å². The first kappa shape index (κ1) is 60.1. The molecule has 0 aliphatic heterocycles. The van der Waals surface area contributed by atoms with Crippen LogP contribution in [0.5, 0.6) is 0 Å². The van der Waals surface area contributed by atoms with Gasteiger partial charge in [-0.2, -0.15) is 0 Å². The lowest BCUT2D eigenvalue weighted by atomic mass is 10.0. The van der Waals surface area contributed by atoms with Crippen LogP contribution in [0.3, 0.4) is 0 Å². The summed E-state index contributed by atoms with van der Waals surface area (Å²) in [5.74, 6) is -0.915. The summed E-state index contributed by atoms with van der Waals surface area (Å²) in [7, 11) is 0. The Morgan fingerprint density at radius 2 is 0.587 bits per heavy atom. The zero-order chi connectivity index (χ0) is 45.8. The van der Waals surface area contributed by atoms with Gasteiger partial charge >= 0.3 is 17.9 Å². The predicted octanol–water partition coefficient (Wildman–Crippen LogP) is 17.6. The SMILES string of the molecule is CCCC/C=C/C/C=C/CCCCCCCC(=O)O[C@@H](COC(=O)CCCCCC/C=C/C/C=C/C/C=C/CCCCC)COC(=O)CCCCCCCCCCCCCCCC. The third kappa shape index (κ3) is 50.0. The molecule has 0 spiro atoms. The second-order valence-electron chi connectivity index (χ2n) is 17.8. The van der Waals surface area contributed by atoms with E-state index in [1.165, 1.54) is 116 Å². The van der Waals surface area contributed by atoms with Gasteiger partial charge in [0.2, 0.25) is 0 Å². The molecule has 0 N–H and O–H groups in total. The largest absolute Gasteiger partial charge is 0.462 e. The van der Waals surface area contributed by atoms with Gasteiger partial charge in [0.05, 0.1) is 0 Å². The fraction of sp³-hybridized carbons (Fsp3) is 0.772. The van der Waals surface area contributed by atoms with Gasteiger partial charge in [-0.1, -0.05) is 223 Å². The fourth-order valence-corrected chi connectivity index (χ4v) is 7.41. The van der Waals surface area contributed by atoms with Gasteiger partial charge in [-0.25, -0.2) is 0 Å². The van der Waals surface area contributed by atoms with Gasteiger partial charge in [0.25, 0.3) is 0 Å². The summed E-state index contributed by atoms with van der Waals surface area (Å²) in [5.41, 5.74) is 0. The zero-order valence-electron chi connectivity index (χ0n) is 41.6. The number of ether oxygens (including phenoxy) is 3. The molecule has 0 amide bonds. The Balaban J connectivity index is 4.42. The molecule has 63 heavy (non-hydrogen) atoms. The highest BCUT2D eigenvalue weighted by Crippen LogP contribution is 2.15. The second kappa shape index (κ2) is 51.7. The van der Waals surface area contributed by atoms with Crippen molar-refractivity contribution in [3.8, 4) is 0 Å². The molecular formula is C57H100O6. The van der Waals surface area contributed by atoms with Crippen LogP contribution in [0.1, 0.15) is 265 Å². The highest BCUT2D eigenvalue weighted by molar-refractivity contribution is 5.71. The second-order valence-corrected chi connectivity index (χ2v) is 17.8. The van der Waals surface area contributed by atoms with Crippen molar-refractivity contribution in [3.63, 3.8) is 0 Å². The van der Waals surface area contributed by atoms with E-state index in [1.807, 2.05) is 0 Å². The van der Waals surface area contributed by atoms with Crippen molar-refractivity contribution in [1.29, 1.82) is 0 Å². The molecule has 0 aromatic heterocycles. The lowest BCUT2D eigenvalue weighted by molar-refractivity contribution is -0.167. The van der Waals surface area contributed by atoms with Crippen LogP contribution in [0, 0.1) is 0 Å². The fourth-order valence-electron chi connectivity index (χ4n) is 7.41. The van der Waals surface area contributed by atoms with Crippen LogP contribution in [0.25, 0.3) is 0 Å². The Kier molecular flexibility index (Phi) is 49.4. The van der Waals surface area contributed by atoms with Crippen molar-refractivity contribution in [2.75, 3.05) is 13.2 Å². The molecule has 364 valence electrons. The molecule has 0 radical (unpaired) electrons. The number of carbonyl (C=O) groups excluding carboxylic acids is 3. The summed E-state index contributed by atoms with van der Waals surface area (Å²) >= 11 is 0. The quantitative estimate of drug-likeness (QED) is 0.0262. The lowest BCUT2D eigenvalue weighted by Crippen LogP contribution is -2.30. The van der Waals surface area contributed by atoms with Crippen molar-refractivity contribution in [1.82, 2.24) is 0 Å². The number of allylic oxidation sites excluding steroid dienone is 10. The van der Waals surface area contributed by atoms with Gasteiger partial charge in [-0.15, -0.1) is 0 Å². The van der Waals surface area contributed by atoms with Crippen LogP contribution in [0.4, 0.5) is 0 Å². The molecule has 0 aromatic carbocycles. The number of carbonyl (C=O) groups is 3. The van der Waals surface area contributed by atoms with E-state index in [1.54, 1.807) is 0 Å². The van der Waals surface area contributed by atoms with Crippen molar-refractivity contribution in [2.45, 2.75) is 271 Å². The highest BCUT2D eigenvalue weighted by Gasteiger charge is 2.19. The first-order chi connectivity index (χ1) is 31.0. The van der Waals surface area contributed by atoms with Crippen LogP contribution in [0.2, 0.25) is 0 Å². The standard InChI is InChI=1S/C57H100O6/c1-4-7-10-13-16-19-22-25-28-29-30-33-35-38-41-44-47-50-56(59)62-53-54(63-57(60)51-48-45-42-39-36-32-27-24-21-18-15-12-9-6-3)52-61-55(58)49-46-43-40-37-34-31-26-23-20-17-14-11-8-5-2/h15-16,18-19,24-25,27-28,30,33,54H,4-14,17,20-23,26,29,31-32,34-53H2,1-3H3/b18-15+,19-16+,27-24+,28-25+,33-30+/t54-/m1/s1. The Morgan fingerprint density at radius 3 is 0.968 bits per heavy atom. The van der Waals surface area contributed by atoms with E-state index in [2.05, 4.69) is 81.5 Å². The van der Waals surface area contributed by atoms with Crippen molar-refractivity contribution in [2.24, 2.45) is 0 Å². The molecule has 0 unspecified atom stereocenters. The van der Waals surface area contributed by atoms with Crippen molar-refractivity contribution < 1.29 is 28.6 Å². The van der Waals surface area contributed by atoms with Crippen molar-refractivity contribution in [3.05, 3.63) is 60.8 Å². The maximum absolute atomic E-state index is 12.8. The number of hydrogen-bond acceptors (Lipinski definition) is 6. The Labute approximate surface area is 390 Å². The van der Waals surface area contributed by atoms with Crippen LogP contribution in [-0.2, 0) is 28.6 Å². The molecule has 6 heteroatoms. The zero-order valence-corrected chi connectivity index (χ0v) is 41.6. The number of rotatable bonds is 48. The molecule has 1 atom stereocenters. The van der Waals surface area contributed by atoms with E-state index in [0.717, 1.165) is 109 Å². The summed E-state index contributed by atoms with van der Waals surface area (Å²) in [6.07, 6.45) is 63.4. The van der Waals surface area contributed by atoms with E-state index in [4.69, 9.17) is 14.2 Å². The molecule has 0 bridgehead atoms. The van der Waals surface area contributed by atoms with Crippen molar-refractivity contribution >= 4 is 17.9 Å². The van der Waals surface area contributed by atoms with E-state index in [0.29, 0.717) is 19.3 Å². The molecule has 0 heterocycles. The van der Waals surface area contributed by atoms with Gasteiger partial charge in [0.1, 0.15) is 13.2 Å². The molecule has 0 aliphatic rings. The summed E-state index contributed by atoms with van der Waals surface area (Å²) in [6.45, 7) is 6.55. The minimum Gasteiger partial charge on any atom is -0.462 e. The van der Waals surface area contributed by atoms with Crippen LogP contribution < -0.4 is 0 Å². The third-order valence-corrected chi connectivity index (χ3v) is 11.5. The van der Waals surface area contributed by atoms with E-state index < -0.39 is 6.10 Å². The van der Waals surface area contributed by atoms with Gasteiger partial charge in [-0.3, -0.25) is 14.4 Å². The highest BCUT2D eigenvalue weighted by atomic mass is 16.6. The average Bonchev–Trinajstić information content (AvgIpc) is 3.28. The average molecular weight is 881 g/mol. The Bertz CT molecular complexity index is 1150. The van der Waals surface area contributed by atoms with Gasteiger partial charge in [-0.05, 0) is 83.5 Å². The summed E-state index contributed by atoms with van der Waals surface area (Å²) in [4.78, 5) is 38.0. The molecule has 0 fully saturated rings. The van der Waals surface area contributed by atoms with Crippen LogP contribution >= 0.6 is 0 Å². The number of unbranched alkanes of at least 4 members (excludes halogenated alkanes) is 27. The van der Waals surface area contributed by atoms with E-state index >= 15 is 0 Å². The summed E-state index contributed by atoms with van der Waals surface area (Å²) < 4.78 is 16.8.